The molecule has 1 aromatic heterocycles. The summed E-state index contributed by atoms with van der Waals surface area (Å²) in [5, 5.41) is 16.2. The van der Waals surface area contributed by atoms with Crippen LogP contribution in [0, 0.1) is 5.82 Å². The van der Waals surface area contributed by atoms with E-state index in [1.54, 1.807) is 49.0 Å². The van der Waals surface area contributed by atoms with Crippen molar-refractivity contribution in [2.75, 3.05) is 0 Å². The van der Waals surface area contributed by atoms with Crippen LogP contribution in [-0.4, -0.2) is 38.9 Å². The number of rotatable bonds is 5. The molecule has 0 bridgehead atoms. The van der Waals surface area contributed by atoms with Crippen LogP contribution in [0.1, 0.15) is 13.8 Å². The van der Waals surface area contributed by atoms with Crippen molar-refractivity contribution < 1.29 is 23.8 Å². The van der Waals surface area contributed by atoms with Crippen LogP contribution in [0.4, 0.5) is 4.39 Å². The molecule has 0 aliphatic carbocycles. The summed E-state index contributed by atoms with van der Waals surface area (Å²) in [4.78, 5) is 21.9. The number of nitrogens with zero attached hydrogens (tertiary/aromatic N) is 2. The number of carbonyl (C=O) groups excluding carboxylic acids is 1. The average molecular weight is 371 g/mol. The van der Waals surface area contributed by atoms with Gasteiger partial charge in [0.1, 0.15) is 17.7 Å². The fraction of sp³-hybridized carbons (Fsp3) is 0.211. The third-order valence-corrected chi connectivity index (χ3v) is 4.19. The second-order valence-electron chi connectivity index (χ2n) is 6.14. The van der Waals surface area contributed by atoms with Crippen LogP contribution in [-0.2, 0) is 9.59 Å². The molecule has 0 unspecified atom stereocenters. The van der Waals surface area contributed by atoms with E-state index in [-0.39, 0.29) is 5.82 Å². The highest BCUT2D eigenvalue weighted by molar-refractivity contribution is 6.31. The topological polar surface area (TPSA) is 93.5 Å². The van der Waals surface area contributed by atoms with E-state index in [4.69, 9.17) is 9.84 Å². The molecule has 1 amide bonds. The molecule has 0 radical (unpaired) electrons. The van der Waals surface area contributed by atoms with Gasteiger partial charge in [-0.1, -0.05) is 0 Å². The monoisotopic (exact) mass is 371 g/mol. The molecule has 3 aromatic rings. The number of carbonyl (C=O) groups is 2. The first kappa shape index (κ1) is 18.4. The highest BCUT2D eigenvalue weighted by Gasteiger charge is 2.20. The van der Waals surface area contributed by atoms with E-state index in [1.165, 1.54) is 12.1 Å². The van der Waals surface area contributed by atoms with E-state index in [2.05, 4.69) is 10.4 Å². The number of carboxylic acid groups (broad SMARTS) is 1. The summed E-state index contributed by atoms with van der Waals surface area (Å²) in [7, 11) is 0. The van der Waals surface area contributed by atoms with Gasteiger partial charge in [-0.25, -0.2) is 13.9 Å². The van der Waals surface area contributed by atoms with Crippen molar-refractivity contribution in [2.24, 2.45) is 0 Å². The molecule has 0 aliphatic rings. The van der Waals surface area contributed by atoms with E-state index in [9.17, 15) is 14.0 Å². The third kappa shape index (κ3) is 4.05. The molecule has 0 saturated heterocycles. The Morgan fingerprint density at radius 1 is 1.19 bits per heavy atom. The average Bonchev–Trinajstić information content (AvgIpc) is 3.05. The molecule has 0 spiro atoms. The van der Waals surface area contributed by atoms with E-state index in [0.717, 1.165) is 16.6 Å². The largest absolute Gasteiger partial charge is 0.489 e. The Labute approximate surface area is 154 Å². The SMILES string of the molecule is C[C@H](NC(=O)C(=O)O)[C@@H](C)Oc1ccc2c(cnn2-c2ccc(F)cc2)c1. The van der Waals surface area contributed by atoms with E-state index >= 15 is 0 Å². The first-order valence-electron chi connectivity index (χ1n) is 8.29. The highest BCUT2D eigenvalue weighted by atomic mass is 19.1. The molecular formula is C19H18FN3O4. The summed E-state index contributed by atoms with van der Waals surface area (Å²) in [6, 6.07) is 10.9. The van der Waals surface area contributed by atoms with Gasteiger partial charge >= 0.3 is 11.9 Å². The zero-order chi connectivity index (χ0) is 19.6. The van der Waals surface area contributed by atoms with Crippen LogP contribution in [0.2, 0.25) is 0 Å². The van der Waals surface area contributed by atoms with Crippen LogP contribution < -0.4 is 10.1 Å². The normalized spacial score (nSPS) is 13.1. The second kappa shape index (κ2) is 7.45. The van der Waals surface area contributed by atoms with Crippen LogP contribution >= 0.6 is 0 Å². The van der Waals surface area contributed by atoms with Crippen molar-refractivity contribution >= 4 is 22.8 Å². The first-order valence-corrected chi connectivity index (χ1v) is 8.29. The minimum absolute atomic E-state index is 0.316. The smallest absolute Gasteiger partial charge is 0.394 e. The van der Waals surface area contributed by atoms with Crippen molar-refractivity contribution in [1.82, 2.24) is 15.1 Å². The maximum atomic E-state index is 13.1. The Hall–Kier alpha value is -3.42. The third-order valence-electron chi connectivity index (χ3n) is 4.19. The zero-order valence-corrected chi connectivity index (χ0v) is 14.7. The predicted octanol–water partition coefficient (Wildman–Crippen LogP) is 2.52. The number of ether oxygens (including phenoxy) is 1. The maximum Gasteiger partial charge on any atom is 0.394 e. The van der Waals surface area contributed by atoms with Gasteiger partial charge in [0.15, 0.2) is 0 Å². The summed E-state index contributed by atoms with van der Waals surface area (Å²) < 4.78 is 20.6. The Morgan fingerprint density at radius 3 is 2.56 bits per heavy atom. The quantitative estimate of drug-likeness (QED) is 0.672. The number of amides is 1. The van der Waals surface area contributed by atoms with Gasteiger partial charge in [-0.15, -0.1) is 0 Å². The number of nitrogens with one attached hydrogen (secondary N) is 1. The number of aliphatic carboxylic acids is 1. The lowest BCUT2D eigenvalue weighted by atomic mass is 10.2. The lowest BCUT2D eigenvalue weighted by Gasteiger charge is -2.22. The summed E-state index contributed by atoms with van der Waals surface area (Å²) >= 11 is 0. The van der Waals surface area contributed by atoms with Crippen LogP contribution in [0.5, 0.6) is 5.75 Å². The minimum Gasteiger partial charge on any atom is -0.489 e. The number of hydrogen-bond donors (Lipinski definition) is 2. The molecule has 0 saturated carbocycles. The lowest BCUT2D eigenvalue weighted by molar-refractivity contribution is -0.150. The molecule has 140 valence electrons. The molecule has 2 N–H and O–H groups in total. The Kier molecular flexibility index (Phi) is 5.07. The highest BCUT2D eigenvalue weighted by Crippen LogP contribution is 2.24. The summed E-state index contributed by atoms with van der Waals surface area (Å²) in [6.07, 6.45) is 1.23. The molecule has 7 nitrogen and oxygen atoms in total. The zero-order valence-electron chi connectivity index (χ0n) is 14.7. The van der Waals surface area contributed by atoms with Crippen LogP contribution in [0.3, 0.4) is 0 Å². The summed E-state index contributed by atoms with van der Waals surface area (Å²) in [5.41, 5.74) is 1.56. The fourth-order valence-corrected chi connectivity index (χ4v) is 2.57. The fourth-order valence-electron chi connectivity index (χ4n) is 2.57. The van der Waals surface area contributed by atoms with Crippen molar-refractivity contribution in [2.45, 2.75) is 26.0 Å². The minimum atomic E-state index is -1.54. The molecule has 3 rings (SSSR count). The van der Waals surface area contributed by atoms with Gasteiger partial charge in [0.2, 0.25) is 0 Å². The summed E-state index contributed by atoms with van der Waals surface area (Å²) in [6.45, 7) is 3.40. The van der Waals surface area contributed by atoms with Gasteiger partial charge in [-0.3, -0.25) is 4.79 Å². The Balaban J connectivity index is 1.76. The lowest BCUT2D eigenvalue weighted by Crippen LogP contribution is -2.45. The van der Waals surface area contributed by atoms with Crippen LogP contribution in [0.15, 0.2) is 48.7 Å². The number of carboxylic acids is 1. The number of fused-ring (bicyclic) bond motifs is 1. The van der Waals surface area contributed by atoms with Crippen molar-refractivity contribution in [3.63, 3.8) is 0 Å². The van der Waals surface area contributed by atoms with Crippen molar-refractivity contribution in [3.05, 3.63) is 54.5 Å². The second-order valence-corrected chi connectivity index (χ2v) is 6.14. The number of benzene rings is 2. The van der Waals surface area contributed by atoms with Gasteiger partial charge in [-0.2, -0.15) is 5.10 Å². The Morgan fingerprint density at radius 2 is 1.89 bits per heavy atom. The first-order chi connectivity index (χ1) is 12.8. The van der Waals surface area contributed by atoms with E-state index < -0.39 is 24.0 Å². The maximum absolute atomic E-state index is 13.1. The molecular weight excluding hydrogens is 353 g/mol. The number of hydrogen-bond acceptors (Lipinski definition) is 4. The molecule has 0 fully saturated rings. The molecule has 2 aromatic carbocycles. The molecule has 2 atom stereocenters. The molecule has 27 heavy (non-hydrogen) atoms. The van der Waals surface area contributed by atoms with Crippen molar-refractivity contribution in [3.8, 4) is 11.4 Å². The molecule has 0 aliphatic heterocycles. The summed E-state index contributed by atoms with van der Waals surface area (Å²) in [5.74, 6) is -2.37. The molecule has 8 heteroatoms. The Bertz CT molecular complexity index is 984. The van der Waals surface area contributed by atoms with E-state index in [0.29, 0.717) is 5.75 Å². The van der Waals surface area contributed by atoms with Gasteiger partial charge in [0.25, 0.3) is 0 Å². The van der Waals surface area contributed by atoms with Crippen molar-refractivity contribution in [1.29, 1.82) is 0 Å². The number of halogens is 1. The van der Waals surface area contributed by atoms with Gasteiger partial charge in [-0.05, 0) is 56.3 Å². The predicted molar refractivity (Wildman–Crippen MR) is 96.4 cm³/mol. The van der Waals surface area contributed by atoms with Crippen LogP contribution in [0.25, 0.3) is 16.6 Å². The van der Waals surface area contributed by atoms with Gasteiger partial charge in [0, 0.05) is 5.39 Å². The van der Waals surface area contributed by atoms with Gasteiger partial charge < -0.3 is 15.2 Å². The van der Waals surface area contributed by atoms with Gasteiger partial charge in [0.05, 0.1) is 23.4 Å². The standard InChI is InChI=1S/C19H18FN3O4/c1-11(22-18(24)19(25)26)12(2)27-16-7-8-17-13(9-16)10-21-23(17)15-5-3-14(20)4-6-15/h3-12H,1-2H3,(H,22,24)(H,25,26)/t11-,12+/m0/s1. The van der Waals surface area contributed by atoms with E-state index in [1.807, 2.05) is 6.07 Å². The molecule has 1 heterocycles. The number of aromatic nitrogens is 2.